The second-order valence-electron chi connectivity index (χ2n) is 11.6. The molecule has 2 atom stereocenters. The molecule has 0 aliphatic carbocycles. The van der Waals surface area contributed by atoms with Crippen LogP contribution in [0.3, 0.4) is 0 Å². The molecule has 1 fully saturated rings. The van der Waals surface area contributed by atoms with Crippen molar-refractivity contribution in [2.24, 2.45) is 0 Å². The van der Waals surface area contributed by atoms with E-state index in [4.69, 9.17) is 37.9 Å². The van der Waals surface area contributed by atoms with Crippen LogP contribution in [-0.2, 0) is 0 Å². The summed E-state index contributed by atoms with van der Waals surface area (Å²) in [5.41, 5.74) is 3.20. The van der Waals surface area contributed by atoms with Crippen LogP contribution in [0.2, 0.25) is 0 Å². The van der Waals surface area contributed by atoms with Gasteiger partial charge in [0, 0.05) is 49.4 Å². The lowest BCUT2D eigenvalue weighted by Gasteiger charge is -2.43. The van der Waals surface area contributed by atoms with Crippen LogP contribution in [0.15, 0.2) is 60.7 Å². The molecular weight excluding hydrogens is 620 g/mol. The van der Waals surface area contributed by atoms with Gasteiger partial charge in [0.15, 0.2) is 46.0 Å². The molecule has 4 aromatic carbocycles. The van der Waals surface area contributed by atoms with Crippen LogP contribution < -0.4 is 37.9 Å². The fraction of sp³-hybridized carbons (Fsp3) is 0.333. The summed E-state index contributed by atoms with van der Waals surface area (Å²) in [6.45, 7) is 2.71. The molecule has 12 heteroatoms. The molecule has 0 unspecified atom stereocenters. The molecule has 0 aromatic heterocycles. The monoisotopic (exact) mass is 658 g/mol. The van der Waals surface area contributed by atoms with Crippen molar-refractivity contribution in [1.29, 1.82) is 0 Å². The highest BCUT2D eigenvalue weighted by Gasteiger charge is 2.35. The van der Waals surface area contributed by atoms with Crippen molar-refractivity contribution in [2.75, 3.05) is 68.2 Å². The molecule has 1 saturated heterocycles. The number of hydrogen-bond acceptors (Lipinski definition) is 12. The number of ether oxygens (including phenoxy) is 8. The molecule has 4 aromatic rings. The zero-order chi connectivity index (χ0) is 33.4. The van der Waals surface area contributed by atoms with Gasteiger partial charge in [0.2, 0.25) is 13.6 Å². The lowest BCUT2D eigenvalue weighted by Crippen LogP contribution is -2.49. The predicted octanol–water partition coefficient (Wildman–Crippen LogP) is 5.09. The third-order valence-electron chi connectivity index (χ3n) is 9.16. The maximum atomic E-state index is 11.3. The van der Waals surface area contributed by atoms with Crippen LogP contribution >= 0.6 is 0 Å². The van der Waals surface area contributed by atoms with Crippen molar-refractivity contribution in [3.05, 3.63) is 82.9 Å². The molecule has 0 spiro atoms. The van der Waals surface area contributed by atoms with E-state index in [1.54, 1.807) is 40.6 Å². The van der Waals surface area contributed by atoms with Gasteiger partial charge >= 0.3 is 0 Å². The zero-order valence-electron chi connectivity index (χ0n) is 27.2. The van der Waals surface area contributed by atoms with E-state index in [-0.39, 0.29) is 37.2 Å². The Morgan fingerprint density at radius 2 is 0.854 bits per heavy atom. The van der Waals surface area contributed by atoms with E-state index in [2.05, 4.69) is 9.80 Å². The second kappa shape index (κ2) is 13.1. The van der Waals surface area contributed by atoms with Gasteiger partial charge in [0.1, 0.15) is 11.5 Å². The number of methoxy groups -OCH3 is 4. The first-order valence-corrected chi connectivity index (χ1v) is 15.6. The first-order chi connectivity index (χ1) is 23.4. The summed E-state index contributed by atoms with van der Waals surface area (Å²) in [6.07, 6.45) is 0. The highest BCUT2D eigenvalue weighted by molar-refractivity contribution is 5.57. The summed E-state index contributed by atoms with van der Waals surface area (Å²) < 4.78 is 44.8. The summed E-state index contributed by atoms with van der Waals surface area (Å²) in [7, 11) is 6.41. The van der Waals surface area contributed by atoms with Gasteiger partial charge < -0.3 is 48.1 Å². The van der Waals surface area contributed by atoms with Gasteiger partial charge in [-0.2, -0.15) is 0 Å². The maximum Gasteiger partial charge on any atom is 0.231 e. The molecule has 3 aliphatic heterocycles. The Labute approximate surface area is 278 Å². The van der Waals surface area contributed by atoms with Crippen molar-refractivity contribution in [3.8, 4) is 57.5 Å². The molecule has 2 N–H and O–H groups in total. The number of phenolic OH excluding ortho intramolecular Hbond substituents is 2. The fourth-order valence-electron chi connectivity index (χ4n) is 6.81. The van der Waals surface area contributed by atoms with Gasteiger partial charge in [0.05, 0.1) is 40.5 Å². The van der Waals surface area contributed by atoms with Crippen LogP contribution in [0.4, 0.5) is 0 Å². The zero-order valence-corrected chi connectivity index (χ0v) is 27.2. The van der Waals surface area contributed by atoms with Gasteiger partial charge in [0.25, 0.3) is 0 Å². The number of piperazine rings is 1. The molecule has 48 heavy (non-hydrogen) atoms. The molecule has 7 rings (SSSR count). The average molecular weight is 659 g/mol. The van der Waals surface area contributed by atoms with E-state index in [1.165, 1.54) is 0 Å². The Balaban J connectivity index is 1.25. The van der Waals surface area contributed by atoms with Crippen LogP contribution in [-0.4, -0.2) is 88.2 Å². The average Bonchev–Trinajstić information content (AvgIpc) is 3.77. The Kier molecular flexibility index (Phi) is 8.59. The largest absolute Gasteiger partial charge is 0.507 e. The summed E-state index contributed by atoms with van der Waals surface area (Å²) in [4.78, 5) is 4.64. The molecule has 12 nitrogen and oxygen atoms in total. The molecule has 252 valence electrons. The molecule has 0 bridgehead atoms. The van der Waals surface area contributed by atoms with Gasteiger partial charge in [-0.3, -0.25) is 9.80 Å². The minimum Gasteiger partial charge on any atom is -0.507 e. The normalized spacial score (nSPS) is 16.8. The molecular formula is C36H38N2O10. The highest BCUT2D eigenvalue weighted by atomic mass is 16.7. The van der Waals surface area contributed by atoms with Gasteiger partial charge in [-0.15, -0.1) is 0 Å². The Hall–Kier alpha value is -5.20. The third kappa shape index (κ3) is 5.67. The van der Waals surface area contributed by atoms with E-state index in [9.17, 15) is 10.2 Å². The number of fused-ring (bicyclic) bond motifs is 2. The van der Waals surface area contributed by atoms with E-state index < -0.39 is 0 Å². The molecule has 0 radical (unpaired) electrons. The first-order valence-electron chi connectivity index (χ1n) is 15.6. The van der Waals surface area contributed by atoms with Gasteiger partial charge in [-0.05, 0) is 47.5 Å². The van der Waals surface area contributed by atoms with Crippen molar-refractivity contribution in [2.45, 2.75) is 12.1 Å². The Morgan fingerprint density at radius 1 is 0.500 bits per heavy atom. The van der Waals surface area contributed by atoms with E-state index in [1.807, 2.05) is 48.5 Å². The summed E-state index contributed by atoms with van der Waals surface area (Å²) in [6, 6.07) is 17.8. The van der Waals surface area contributed by atoms with E-state index >= 15 is 0 Å². The van der Waals surface area contributed by atoms with E-state index in [0.717, 1.165) is 11.1 Å². The first kappa shape index (κ1) is 31.4. The molecule has 3 aliphatic rings. The quantitative estimate of drug-likeness (QED) is 0.236. The standard InChI is InChI=1S/C36H38N2O10/c1-41-27-7-5-21(13-29(27)43-3)35(23-15-31-33(17-25(23)39)47-19-45-31)37-9-11-38(12-10-37)36(22-6-8-28(42-2)30(14-22)44-4)24-16-32-34(18-26(24)40)48-20-46-32/h5-8,13-18,35-36,39-40H,9-12,19-20H2,1-4H3/t35-,36-/m1/s1. The molecule has 0 amide bonds. The van der Waals surface area contributed by atoms with Crippen molar-refractivity contribution in [1.82, 2.24) is 9.80 Å². The number of nitrogens with zero attached hydrogens (tertiary/aromatic N) is 2. The second-order valence-corrected chi connectivity index (χ2v) is 11.6. The number of benzene rings is 4. The van der Waals surface area contributed by atoms with Crippen molar-refractivity contribution >= 4 is 0 Å². The Morgan fingerprint density at radius 3 is 1.21 bits per heavy atom. The van der Waals surface area contributed by atoms with Gasteiger partial charge in [-0.1, -0.05) is 12.1 Å². The summed E-state index contributed by atoms with van der Waals surface area (Å²) in [5, 5.41) is 22.6. The predicted molar refractivity (Wildman–Crippen MR) is 174 cm³/mol. The minimum absolute atomic E-state index is 0.0994. The van der Waals surface area contributed by atoms with Gasteiger partial charge in [-0.25, -0.2) is 0 Å². The lowest BCUT2D eigenvalue weighted by molar-refractivity contribution is 0.0881. The number of phenols is 2. The van der Waals surface area contributed by atoms with Crippen molar-refractivity contribution in [3.63, 3.8) is 0 Å². The summed E-state index contributed by atoms with van der Waals surface area (Å²) >= 11 is 0. The van der Waals surface area contributed by atoms with Crippen LogP contribution in [0.1, 0.15) is 34.3 Å². The number of rotatable bonds is 10. The highest BCUT2D eigenvalue weighted by Crippen LogP contribution is 2.47. The smallest absolute Gasteiger partial charge is 0.231 e. The van der Waals surface area contributed by atoms with Crippen LogP contribution in [0.5, 0.6) is 57.5 Å². The summed E-state index contributed by atoms with van der Waals surface area (Å²) in [5.74, 6) is 4.79. The number of hydrogen-bond donors (Lipinski definition) is 2. The van der Waals surface area contributed by atoms with Crippen molar-refractivity contribution < 1.29 is 48.1 Å². The fourth-order valence-corrected chi connectivity index (χ4v) is 6.81. The minimum atomic E-state index is -0.347. The number of aromatic hydroxyl groups is 2. The SMILES string of the molecule is COc1ccc([C@H](c2cc3c(cc2O)OCO3)N2CCN([C@H](c3ccc(OC)c(OC)c3)c3cc4c(cc3O)OCO4)CC2)cc1OC. The molecule has 3 heterocycles. The topological polar surface area (TPSA) is 121 Å². The lowest BCUT2D eigenvalue weighted by atomic mass is 9.92. The maximum absolute atomic E-state index is 11.3. The molecule has 0 saturated carbocycles. The van der Waals surface area contributed by atoms with Crippen LogP contribution in [0.25, 0.3) is 0 Å². The van der Waals surface area contributed by atoms with Crippen LogP contribution in [0, 0.1) is 0 Å². The third-order valence-corrected chi connectivity index (χ3v) is 9.16. The Bertz CT molecular complexity index is 1680. The van der Waals surface area contributed by atoms with E-state index in [0.29, 0.717) is 83.3 Å².